The van der Waals surface area contributed by atoms with E-state index in [1.54, 1.807) is 29.2 Å². The summed E-state index contributed by atoms with van der Waals surface area (Å²) in [6.45, 7) is 3.30. The van der Waals surface area contributed by atoms with E-state index in [0.717, 1.165) is 36.1 Å². The number of benzene rings is 2. The Bertz CT molecular complexity index is 983. The van der Waals surface area contributed by atoms with Crippen molar-refractivity contribution in [3.05, 3.63) is 53.1 Å². The summed E-state index contributed by atoms with van der Waals surface area (Å²) >= 11 is 7.44. The molecule has 1 amide bonds. The highest BCUT2D eigenvalue weighted by molar-refractivity contribution is 7.22. The summed E-state index contributed by atoms with van der Waals surface area (Å²) < 4.78 is 12.5. The zero-order valence-electron chi connectivity index (χ0n) is 16.3. The summed E-state index contributed by atoms with van der Waals surface area (Å²) in [5.41, 5.74) is 2.17. The minimum absolute atomic E-state index is 0.0349. The first kappa shape index (κ1) is 20.1. The molecule has 1 aromatic heterocycles. The Morgan fingerprint density at radius 1 is 1.31 bits per heavy atom. The van der Waals surface area contributed by atoms with Crippen molar-refractivity contribution in [2.45, 2.75) is 32.3 Å². The normalized spacial score (nSPS) is 16.3. The van der Waals surface area contributed by atoms with E-state index in [0.29, 0.717) is 22.4 Å². The van der Waals surface area contributed by atoms with Gasteiger partial charge in [0.15, 0.2) is 11.7 Å². The maximum absolute atomic E-state index is 13.1. The molecule has 29 heavy (non-hydrogen) atoms. The van der Waals surface area contributed by atoms with E-state index in [1.165, 1.54) is 16.9 Å². The third-order valence-corrected chi connectivity index (χ3v) is 6.26. The number of hydrogen-bond donors (Lipinski definition) is 0. The van der Waals surface area contributed by atoms with Crippen LogP contribution in [0.5, 0.6) is 5.75 Å². The number of amides is 1. The van der Waals surface area contributed by atoms with Crippen molar-refractivity contribution in [3.63, 3.8) is 0 Å². The number of halogens is 1. The van der Waals surface area contributed by atoms with Gasteiger partial charge in [0, 0.05) is 11.6 Å². The average molecular weight is 431 g/mol. The number of aryl methyl sites for hydroxylation is 1. The molecule has 2 aromatic carbocycles. The molecule has 0 radical (unpaired) electrons. The third kappa shape index (κ3) is 4.89. The van der Waals surface area contributed by atoms with Crippen LogP contribution in [0.15, 0.2) is 42.5 Å². The number of anilines is 1. The molecule has 5 nitrogen and oxygen atoms in total. The van der Waals surface area contributed by atoms with E-state index < -0.39 is 0 Å². The van der Waals surface area contributed by atoms with E-state index in [2.05, 4.69) is 19.1 Å². The molecule has 1 fully saturated rings. The summed E-state index contributed by atoms with van der Waals surface area (Å²) in [6.07, 6.45) is 2.98. The van der Waals surface area contributed by atoms with E-state index >= 15 is 0 Å². The topological polar surface area (TPSA) is 51.7 Å². The Kier molecular flexibility index (Phi) is 6.33. The van der Waals surface area contributed by atoms with Crippen molar-refractivity contribution >= 4 is 44.2 Å². The van der Waals surface area contributed by atoms with Gasteiger partial charge in [-0.25, -0.2) is 4.98 Å². The smallest absolute Gasteiger partial charge is 0.266 e. The molecule has 3 aromatic rings. The molecule has 7 heteroatoms. The van der Waals surface area contributed by atoms with Gasteiger partial charge in [-0.05, 0) is 61.2 Å². The SMILES string of the molecule is CCc1ccc2nc(N(CC3CCCO3)C(=O)COc3ccc(Cl)cc3)sc2c1. The first-order valence-electron chi connectivity index (χ1n) is 9.82. The summed E-state index contributed by atoms with van der Waals surface area (Å²) in [7, 11) is 0. The number of thiazole rings is 1. The number of ether oxygens (including phenoxy) is 2. The van der Waals surface area contributed by atoms with E-state index in [9.17, 15) is 4.79 Å². The maximum atomic E-state index is 13.1. The Morgan fingerprint density at radius 3 is 2.86 bits per heavy atom. The highest BCUT2D eigenvalue weighted by Gasteiger charge is 2.26. The van der Waals surface area contributed by atoms with Crippen LogP contribution in [0.3, 0.4) is 0 Å². The van der Waals surface area contributed by atoms with Gasteiger partial charge in [-0.3, -0.25) is 9.69 Å². The summed E-state index contributed by atoms with van der Waals surface area (Å²) in [5, 5.41) is 1.32. The van der Waals surface area contributed by atoms with Crippen LogP contribution in [-0.4, -0.2) is 36.8 Å². The van der Waals surface area contributed by atoms with Gasteiger partial charge < -0.3 is 9.47 Å². The zero-order valence-corrected chi connectivity index (χ0v) is 17.8. The van der Waals surface area contributed by atoms with Gasteiger partial charge in [0.25, 0.3) is 5.91 Å². The lowest BCUT2D eigenvalue weighted by atomic mass is 10.2. The molecule has 152 valence electrons. The first-order valence-corrected chi connectivity index (χ1v) is 11.0. The second-order valence-corrected chi connectivity index (χ2v) is 8.48. The minimum Gasteiger partial charge on any atom is -0.484 e. The molecule has 0 N–H and O–H groups in total. The van der Waals surface area contributed by atoms with Crippen LogP contribution in [-0.2, 0) is 16.0 Å². The van der Waals surface area contributed by atoms with Crippen molar-refractivity contribution < 1.29 is 14.3 Å². The molecule has 1 aliphatic rings. The standard InChI is InChI=1S/C22H23ClN2O3S/c1-2-15-5-10-19-20(12-15)29-22(24-19)25(13-18-4-3-11-27-18)21(26)14-28-17-8-6-16(23)7-9-17/h5-10,12,18H,2-4,11,13-14H2,1H3. The molecular weight excluding hydrogens is 408 g/mol. The van der Waals surface area contributed by atoms with Crippen molar-refractivity contribution in [3.8, 4) is 5.75 Å². The van der Waals surface area contributed by atoms with E-state index in [1.807, 2.05) is 6.07 Å². The number of fused-ring (bicyclic) bond motifs is 1. The fourth-order valence-electron chi connectivity index (χ4n) is 3.32. The summed E-state index contributed by atoms with van der Waals surface area (Å²) in [4.78, 5) is 19.5. The fourth-order valence-corrected chi connectivity index (χ4v) is 4.51. The molecule has 1 atom stereocenters. The van der Waals surface area contributed by atoms with Crippen molar-refractivity contribution in [2.75, 3.05) is 24.7 Å². The van der Waals surface area contributed by atoms with Crippen LogP contribution >= 0.6 is 22.9 Å². The van der Waals surface area contributed by atoms with Crippen LogP contribution in [0.4, 0.5) is 5.13 Å². The zero-order chi connectivity index (χ0) is 20.2. The number of hydrogen-bond acceptors (Lipinski definition) is 5. The molecule has 0 aliphatic carbocycles. The molecule has 2 heterocycles. The van der Waals surface area contributed by atoms with Gasteiger partial charge in [-0.1, -0.05) is 35.9 Å². The first-order chi connectivity index (χ1) is 14.1. The second-order valence-electron chi connectivity index (χ2n) is 7.03. The van der Waals surface area contributed by atoms with E-state index in [-0.39, 0.29) is 18.6 Å². The molecule has 0 spiro atoms. The van der Waals surface area contributed by atoms with Gasteiger partial charge in [-0.2, -0.15) is 0 Å². The highest BCUT2D eigenvalue weighted by Crippen LogP contribution is 2.31. The molecular formula is C22H23ClN2O3S. The Balaban J connectivity index is 1.55. The number of nitrogens with zero attached hydrogens (tertiary/aromatic N) is 2. The monoisotopic (exact) mass is 430 g/mol. The van der Waals surface area contributed by atoms with E-state index in [4.69, 9.17) is 26.1 Å². The average Bonchev–Trinajstić information content (AvgIpc) is 3.40. The second kappa shape index (κ2) is 9.11. The molecule has 1 saturated heterocycles. The number of rotatable bonds is 7. The minimum atomic E-state index is -0.134. The molecule has 4 rings (SSSR count). The maximum Gasteiger partial charge on any atom is 0.266 e. The predicted molar refractivity (Wildman–Crippen MR) is 117 cm³/mol. The van der Waals surface area contributed by atoms with Gasteiger partial charge in [0.2, 0.25) is 0 Å². The van der Waals surface area contributed by atoms with Crippen molar-refractivity contribution in [2.24, 2.45) is 0 Å². The van der Waals surface area contributed by atoms with Crippen LogP contribution in [0, 0.1) is 0 Å². The lowest BCUT2D eigenvalue weighted by molar-refractivity contribution is -0.120. The van der Waals surface area contributed by atoms with Crippen LogP contribution in [0.2, 0.25) is 5.02 Å². The highest BCUT2D eigenvalue weighted by atomic mass is 35.5. The van der Waals surface area contributed by atoms with Gasteiger partial charge >= 0.3 is 0 Å². The van der Waals surface area contributed by atoms with Crippen LogP contribution in [0.1, 0.15) is 25.3 Å². The summed E-state index contributed by atoms with van der Waals surface area (Å²) in [5.74, 6) is 0.474. The third-order valence-electron chi connectivity index (χ3n) is 4.97. The molecule has 0 bridgehead atoms. The fraction of sp³-hybridized carbons (Fsp3) is 0.364. The Hall–Kier alpha value is -2.15. The van der Waals surface area contributed by atoms with Crippen LogP contribution in [0.25, 0.3) is 10.2 Å². The molecule has 1 unspecified atom stereocenters. The Morgan fingerprint density at radius 2 is 2.14 bits per heavy atom. The lowest BCUT2D eigenvalue weighted by Gasteiger charge is -2.23. The van der Waals surface area contributed by atoms with Gasteiger partial charge in [0.05, 0.1) is 22.9 Å². The Labute approximate surface area is 179 Å². The predicted octanol–water partition coefficient (Wildman–Crippen LogP) is 5.10. The summed E-state index contributed by atoms with van der Waals surface area (Å²) in [6, 6.07) is 13.2. The lowest BCUT2D eigenvalue weighted by Crippen LogP contribution is -2.40. The largest absolute Gasteiger partial charge is 0.484 e. The molecule has 0 saturated carbocycles. The number of carbonyl (C=O) groups excluding carboxylic acids is 1. The quantitative estimate of drug-likeness (QED) is 0.523. The van der Waals surface area contributed by atoms with Crippen LogP contribution < -0.4 is 9.64 Å². The van der Waals surface area contributed by atoms with Gasteiger partial charge in [0.1, 0.15) is 5.75 Å². The van der Waals surface area contributed by atoms with Gasteiger partial charge in [-0.15, -0.1) is 0 Å². The number of carbonyl (C=O) groups is 1. The van der Waals surface area contributed by atoms with Crippen molar-refractivity contribution in [1.82, 2.24) is 4.98 Å². The molecule has 1 aliphatic heterocycles. The van der Waals surface area contributed by atoms with Crippen molar-refractivity contribution in [1.29, 1.82) is 0 Å². The number of aromatic nitrogens is 1.